The first kappa shape index (κ1) is 18.2. The molecule has 1 aliphatic carbocycles. The van der Waals surface area contributed by atoms with E-state index in [2.05, 4.69) is 17.0 Å². The lowest BCUT2D eigenvalue weighted by molar-refractivity contribution is -0.0683. The maximum absolute atomic E-state index is 12.1. The van der Waals surface area contributed by atoms with Crippen molar-refractivity contribution in [2.75, 3.05) is 26.2 Å². The van der Waals surface area contributed by atoms with Crippen molar-refractivity contribution in [3.05, 3.63) is 35.9 Å². The lowest BCUT2D eigenvalue weighted by atomic mass is 9.87. The molecule has 5 heteroatoms. The second-order valence-corrected chi connectivity index (χ2v) is 8.05. The van der Waals surface area contributed by atoms with Crippen molar-refractivity contribution in [1.82, 2.24) is 9.80 Å². The zero-order valence-electron chi connectivity index (χ0n) is 15.6. The minimum absolute atomic E-state index is 0.190. The quantitative estimate of drug-likeness (QED) is 0.839. The van der Waals surface area contributed by atoms with Crippen molar-refractivity contribution < 1.29 is 14.3 Å². The Morgan fingerprint density at radius 3 is 2.32 bits per heavy atom. The highest BCUT2D eigenvalue weighted by Gasteiger charge is 2.36. The van der Waals surface area contributed by atoms with Gasteiger partial charge in [-0.25, -0.2) is 4.79 Å². The predicted octanol–water partition coefficient (Wildman–Crippen LogP) is 3.29. The van der Waals surface area contributed by atoms with Crippen molar-refractivity contribution >= 4 is 6.09 Å². The average Bonchev–Trinajstić information content (AvgIpc) is 2.53. The Morgan fingerprint density at radius 1 is 1.08 bits per heavy atom. The largest absolute Gasteiger partial charge is 0.444 e. The van der Waals surface area contributed by atoms with E-state index in [4.69, 9.17) is 9.47 Å². The number of amides is 1. The molecule has 0 bridgehead atoms. The number of benzene rings is 1. The van der Waals surface area contributed by atoms with E-state index in [0.29, 0.717) is 18.8 Å². The predicted molar refractivity (Wildman–Crippen MR) is 97.4 cm³/mol. The van der Waals surface area contributed by atoms with Crippen LogP contribution in [0.15, 0.2) is 30.3 Å². The van der Waals surface area contributed by atoms with Crippen molar-refractivity contribution in [3.63, 3.8) is 0 Å². The summed E-state index contributed by atoms with van der Waals surface area (Å²) in [5.41, 5.74) is 0.808. The minimum Gasteiger partial charge on any atom is -0.444 e. The van der Waals surface area contributed by atoms with Gasteiger partial charge in [-0.2, -0.15) is 0 Å². The highest BCUT2D eigenvalue weighted by molar-refractivity contribution is 5.68. The summed E-state index contributed by atoms with van der Waals surface area (Å²) < 4.78 is 11.4. The van der Waals surface area contributed by atoms with Gasteiger partial charge in [-0.1, -0.05) is 30.3 Å². The molecule has 138 valence electrons. The van der Waals surface area contributed by atoms with E-state index in [-0.39, 0.29) is 6.09 Å². The van der Waals surface area contributed by atoms with E-state index >= 15 is 0 Å². The highest BCUT2D eigenvalue weighted by Crippen LogP contribution is 2.30. The lowest BCUT2D eigenvalue weighted by Crippen LogP contribution is -2.56. The summed E-state index contributed by atoms with van der Waals surface area (Å²) in [5.74, 6) is 0. The number of hydrogen-bond donors (Lipinski definition) is 0. The Morgan fingerprint density at radius 2 is 1.72 bits per heavy atom. The first-order valence-electron chi connectivity index (χ1n) is 9.28. The highest BCUT2D eigenvalue weighted by atomic mass is 16.6. The van der Waals surface area contributed by atoms with Gasteiger partial charge in [-0.3, -0.25) is 4.90 Å². The van der Waals surface area contributed by atoms with Crippen LogP contribution < -0.4 is 0 Å². The molecule has 0 unspecified atom stereocenters. The van der Waals surface area contributed by atoms with Gasteiger partial charge >= 0.3 is 6.09 Å². The number of nitrogens with zero attached hydrogens (tertiary/aromatic N) is 2. The fraction of sp³-hybridized carbons (Fsp3) is 0.650. The van der Waals surface area contributed by atoms with E-state index < -0.39 is 5.60 Å². The molecule has 25 heavy (non-hydrogen) atoms. The summed E-state index contributed by atoms with van der Waals surface area (Å²) in [6, 6.07) is 10.9. The Labute approximate surface area is 150 Å². The molecule has 0 aromatic heterocycles. The molecule has 1 aromatic carbocycles. The number of ether oxygens (including phenoxy) is 2. The summed E-state index contributed by atoms with van der Waals surface area (Å²) in [7, 11) is 0. The van der Waals surface area contributed by atoms with Gasteiger partial charge in [0.1, 0.15) is 5.60 Å². The number of piperazine rings is 1. The maximum Gasteiger partial charge on any atom is 0.410 e. The molecule has 0 atom stereocenters. The van der Waals surface area contributed by atoms with Gasteiger partial charge in [0.2, 0.25) is 0 Å². The molecule has 0 N–H and O–H groups in total. The number of hydrogen-bond acceptors (Lipinski definition) is 4. The number of carbonyl (C=O) groups is 1. The molecule has 1 heterocycles. The fourth-order valence-electron chi connectivity index (χ4n) is 3.36. The van der Waals surface area contributed by atoms with Gasteiger partial charge < -0.3 is 14.4 Å². The molecule has 1 saturated carbocycles. The van der Waals surface area contributed by atoms with Crippen LogP contribution in [-0.2, 0) is 16.1 Å². The Balaban J connectivity index is 1.34. The van der Waals surface area contributed by atoms with Gasteiger partial charge in [0.25, 0.3) is 0 Å². The van der Waals surface area contributed by atoms with Crippen LogP contribution in [0.3, 0.4) is 0 Å². The summed E-state index contributed by atoms with van der Waals surface area (Å²) in [6.07, 6.45) is 2.37. The standard InChI is InChI=1S/C20H30N2O3/c1-20(2,3)25-19(23)22-11-9-21(10-12-22)17-13-18(14-17)24-15-16-7-5-4-6-8-16/h4-8,17-18H,9-15H2,1-3H3. The zero-order chi connectivity index (χ0) is 17.9. The van der Waals surface area contributed by atoms with Crippen LogP contribution in [0.4, 0.5) is 4.79 Å². The topological polar surface area (TPSA) is 42.0 Å². The molecular formula is C20H30N2O3. The first-order chi connectivity index (χ1) is 11.9. The minimum atomic E-state index is -0.425. The van der Waals surface area contributed by atoms with E-state index in [9.17, 15) is 4.79 Å². The first-order valence-corrected chi connectivity index (χ1v) is 9.28. The second-order valence-electron chi connectivity index (χ2n) is 8.05. The third-order valence-corrected chi connectivity index (χ3v) is 4.88. The molecule has 0 radical (unpaired) electrons. The number of carbonyl (C=O) groups excluding carboxylic acids is 1. The van der Waals surface area contributed by atoms with Gasteiger partial charge in [0.15, 0.2) is 0 Å². The van der Waals surface area contributed by atoms with Crippen LogP contribution in [0.25, 0.3) is 0 Å². The van der Waals surface area contributed by atoms with Crippen LogP contribution in [0.5, 0.6) is 0 Å². The van der Waals surface area contributed by atoms with E-state index in [1.165, 1.54) is 5.56 Å². The van der Waals surface area contributed by atoms with Gasteiger partial charge in [0, 0.05) is 32.2 Å². The molecule has 0 spiro atoms. The van der Waals surface area contributed by atoms with Gasteiger partial charge in [-0.05, 0) is 39.2 Å². The molecule has 5 nitrogen and oxygen atoms in total. The lowest BCUT2D eigenvalue weighted by Gasteiger charge is -2.46. The fourth-order valence-corrected chi connectivity index (χ4v) is 3.36. The van der Waals surface area contributed by atoms with Crippen LogP contribution in [-0.4, -0.2) is 59.8 Å². The summed E-state index contributed by atoms with van der Waals surface area (Å²) >= 11 is 0. The van der Waals surface area contributed by atoms with Crippen molar-refractivity contribution in [3.8, 4) is 0 Å². The summed E-state index contributed by atoms with van der Waals surface area (Å²) in [5, 5.41) is 0. The number of rotatable bonds is 4. The van der Waals surface area contributed by atoms with E-state index in [0.717, 1.165) is 39.0 Å². The zero-order valence-corrected chi connectivity index (χ0v) is 15.6. The Hall–Kier alpha value is -1.59. The van der Waals surface area contributed by atoms with Gasteiger partial charge in [-0.15, -0.1) is 0 Å². The van der Waals surface area contributed by atoms with Crippen LogP contribution >= 0.6 is 0 Å². The van der Waals surface area contributed by atoms with Crippen molar-refractivity contribution in [2.45, 2.75) is 58.0 Å². The molecule has 3 rings (SSSR count). The van der Waals surface area contributed by atoms with E-state index in [1.807, 2.05) is 43.9 Å². The molecule has 1 amide bonds. The Kier molecular flexibility index (Phi) is 5.64. The third kappa shape index (κ3) is 5.19. The van der Waals surface area contributed by atoms with Crippen LogP contribution in [0, 0.1) is 0 Å². The van der Waals surface area contributed by atoms with Crippen molar-refractivity contribution in [2.24, 2.45) is 0 Å². The normalized spacial score (nSPS) is 24.7. The third-order valence-electron chi connectivity index (χ3n) is 4.88. The molecule has 2 aliphatic rings. The maximum atomic E-state index is 12.1. The molecule has 1 aliphatic heterocycles. The smallest absolute Gasteiger partial charge is 0.410 e. The summed E-state index contributed by atoms with van der Waals surface area (Å²) in [4.78, 5) is 16.4. The molecular weight excluding hydrogens is 316 g/mol. The summed E-state index contributed by atoms with van der Waals surface area (Å²) in [6.45, 7) is 9.78. The molecule has 1 aromatic rings. The van der Waals surface area contributed by atoms with Crippen LogP contribution in [0.1, 0.15) is 39.2 Å². The Bertz CT molecular complexity index is 556. The SMILES string of the molecule is CC(C)(C)OC(=O)N1CCN(C2CC(OCc3ccccc3)C2)CC1. The monoisotopic (exact) mass is 346 g/mol. The molecule has 2 fully saturated rings. The van der Waals surface area contributed by atoms with Gasteiger partial charge in [0.05, 0.1) is 12.7 Å². The second kappa shape index (κ2) is 7.75. The molecule has 1 saturated heterocycles. The average molecular weight is 346 g/mol. The van der Waals surface area contributed by atoms with Crippen molar-refractivity contribution in [1.29, 1.82) is 0 Å². The van der Waals surface area contributed by atoms with E-state index in [1.54, 1.807) is 0 Å². The van der Waals surface area contributed by atoms with Crippen LogP contribution in [0.2, 0.25) is 0 Å².